The zero-order valence-corrected chi connectivity index (χ0v) is 15.0. The summed E-state index contributed by atoms with van der Waals surface area (Å²) >= 11 is 1.74. The van der Waals surface area contributed by atoms with Crippen LogP contribution in [0.4, 0.5) is 0 Å². The van der Waals surface area contributed by atoms with Gasteiger partial charge in [-0.2, -0.15) is 17.0 Å². The second-order valence-electron chi connectivity index (χ2n) is 6.17. The van der Waals surface area contributed by atoms with E-state index < -0.39 is 10.2 Å². The van der Waals surface area contributed by atoms with Crippen molar-refractivity contribution >= 4 is 21.5 Å². The van der Waals surface area contributed by atoms with Crippen LogP contribution < -0.4 is 0 Å². The van der Waals surface area contributed by atoms with Gasteiger partial charge in [-0.1, -0.05) is 6.92 Å². The number of ether oxygens (including phenoxy) is 1. The van der Waals surface area contributed by atoms with Gasteiger partial charge in [0.05, 0.1) is 18.2 Å². The molecule has 0 N–H and O–H groups in total. The molecule has 1 saturated heterocycles. The highest BCUT2D eigenvalue weighted by atomic mass is 32.2. The first-order valence-electron chi connectivity index (χ1n) is 7.92. The fourth-order valence-electron chi connectivity index (χ4n) is 3.54. The molecule has 3 heterocycles. The van der Waals surface area contributed by atoms with E-state index in [-0.39, 0.29) is 18.2 Å². The van der Waals surface area contributed by atoms with Gasteiger partial charge < -0.3 is 4.74 Å². The summed E-state index contributed by atoms with van der Waals surface area (Å²) in [6.07, 6.45) is 1.51. The quantitative estimate of drug-likeness (QED) is 0.846. The standard InChI is InChI=1S/C15H24N2O3S2/c1-4-14-13-6-8-21-15(13)5-7-17(14)22(18,19)16-9-11(2)20-12(3)10-16/h6,8,11-12,14H,4-5,7,9-10H2,1-3H3/t11-,12-,14-/m1/s1. The summed E-state index contributed by atoms with van der Waals surface area (Å²) in [5.74, 6) is 0. The number of nitrogens with zero attached hydrogens (tertiary/aromatic N) is 2. The van der Waals surface area contributed by atoms with Gasteiger partial charge in [0.15, 0.2) is 0 Å². The fraction of sp³-hybridized carbons (Fsp3) is 0.733. The molecule has 1 aromatic rings. The molecule has 0 amide bonds. The van der Waals surface area contributed by atoms with Gasteiger partial charge in [-0.3, -0.25) is 0 Å². The number of hydrogen-bond donors (Lipinski definition) is 0. The van der Waals surface area contributed by atoms with E-state index in [1.807, 2.05) is 13.8 Å². The predicted molar refractivity (Wildman–Crippen MR) is 88.3 cm³/mol. The molecule has 3 rings (SSSR count). The van der Waals surface area contributed by atoms with Crippen molar-refractivity contribution in [3.8, 4) is 0 Å². The third-order valence-corrected chi connectivity index (χ3v) is 7.42. The molecule has 0 aliphatic carbocycles. The summed E-state index contributed by atoms with van der Waals surface area (Å²) < 4.78 is 35.2. The van der Waals surface area contributed by atoms with Crippen molar-refractivity contribution in [2.45, 2.75) is 51.9 Å². The van der Waals surface area contributed by atoms with Crippen molar-refractivity contribution in [1.29, 1.82) is 0 Å². The lowest BCUT2D eigenvalue weighted by Crippen LogP contribution is -2.54. The van der Waals surface area contributed by atoms with Gasteiger partial charge >= 0.3 is 0 Å². The molecule has 1 fully saturated rings. The normalized spacial score (nSPS) is 31.1. The third-order valence-electron chi connectivity index (χ3n) is 4.44. The van der Waals surface area contributed by atoms with Crippen LogP contribution in [0, 0.1) is 0 Å². The topological polar surface area (TPSA) is 49.9 Å². The largest absolute Gasteiger partial charge is 0.373 e. The first-order valence-corrected chi connectivity index (χ1v) is 10.2. The molecule has 0 aromatic carbocycles. The lowest BCUT2D eigenvalue weighted by molar-refractivity contribution is -0.0458. The van der Waals surface area contributed by atoms with E-state index in [1.54, 1.807) is 19.9 Å². The monoisotopic (exact) mass is 344 g/mol. The second kappa shape index (κ2) is 6.20. The van der Waals surface area contributed by atoms with E-state index in [1.165, 1.54) is 10.4 Å². The average molecular weight is 345 g/mol. The van der Waals surface area contributed by atoms with E-state index in [2.05, 4.69) is 18.4 Å². The van der Waals surface area contributed by atoms with Crippen molar-refractivity contribution in [3.05, 3.63) is 21.9 Å². The molecular weight excluding hydrogens is 320 g/mol. The zero-order valence-electron chi connectivity index (χ0n) is 13.4. The zero-order chi connectivity index (χ0) is 15.9. The van der Waals surface area contributed by atoms with E-state index >= 15 is 0 Å². The molecule has 3 atom stereocenters. The van der Waals surface area contributed by atoms with Crippen LogP contribution in [0.1, 0.15) is 43.7 Å². The lowest BCUT2D eigenvalue weighted by Gasteiger charge is -2.41. The maximum Gasteiger partial charge on any atom is 0.282 e. The third kappa shape index (κ3) is 2.85. The molecular formula is C15H24N2O3S2. The Labute approximate surface area is 137 Å². The van der Waals surface area contributed by atoms with Crippen LogP contribution in [0.3, 0.4) is 0 Å². The first-order chi connectivity index (χ1) is 10.4. The van der Waals surface area contributed by atoms with E-state index in [0.29, 0.717) is 19.6 Å². The van der Waals surface area contributed by atoms with Crippen LogP contribution in [-0.2, 0) is 21.4 Å². The summed E-state index contributed by atoms with van der Waals surface area (Å²) in [5, 5.41) is 2.07. The molecule has 7 heteroatoms. The number of rotatable bonds is 3. The minimum absolute atomic E-state index is 0.0338. The molecule has 2 aliphatic rings. The highest BCUT2D eigenvalue weighted by molar-refractivity contribution is 7.86. The van der Waals surface area contributed by atoms with Crippen LogP contribution in [0.5, 0.6) is 0 Å². The Morgan fingerprint density at radius 2 is 2.00 bits per heavy atom. The highest BCUT2D eigenvalue weighted by Gasteiger charge is 2.40. The molecule has 0 spiro atoms. The minimum Gasteiger partial charge on any atom is -0.373 e. The molecule has 5 nitrogen and oxygen atoms in total. The number of fused-ring (bicyclic) bond motifs is 1. The van der Waals surface area contributed by atoms with Crippen LogP contribution in [0.25, 0.3) is 0 Å². The summed E-state index contributed by atoms with van der Waals surface area (Å²) in [7, 11) is -3.44. The molecule has 1 aromatic heterocycles. The Hall–Kier alpha value is -0.470. The van der Waals surface area contributed by atoms with E-state index in [4.69, 9.17) is 4.74 Å². The van der Waals surface area contributed by atoms with Crippen molar-refractivity contribution in [1.82, 2.24) is 8.61 Å². The highest BCUT2D eigenvalue weighted by Crippen LogP contribution is 2.37. The molecule has 0 unspecified atom stereocenters. The van der Waals surface area contributed by atoms with Gasteiger partial charge in [0.25, 0.3) is 10.2 Å². The molecule has 0 radical (unpaired) electrons. The number of hydrogen-bond acceptors (Lipinski definition) is 4. The number of thiophene rings is 1. The van der Waals surface area contributed by atoms with Gasteiger partial charge in [0.1, 0.15) is 0 Å². The van der Waals surface area contributed by atoms with Gasteiger partial charge in [-0.05, 0) is 43.7 Å². The Bertz CT molecular complexity index is 618. The lowest BCUT2D eigenvalue weighted by atomic mass is 10.0. The Balaban J connectivity index is 1.89. The molecule has 0 bridgehead atoms. The fourth-order valence-corrected chi connectivity index (χ4v) is 6.47. The summed E-state index contributed by atoms with van der Waals surface area (Å²) in [6.45, 7) is 7.39. The molecule has 2 aliphatic heterocycles. The Kier molecular flexibility index (Phi) is 4.62. The van der Waals surface area contributed by atoms with Gasteiger partial charge in [0, 0.05) is 24.5 Å². The Morgan fingerprint density at radius 1 is 1.32 bits per heavy atom. The van der Waals surface area contributed by atoms with Gasteiger partial charge in [-0.25, -0.2) is 0 Å². The van der Waals surface area contributed by atoms with Crippen molar-refractivity contribution < 1.29 is 13.2 Å². The molecule has 22 heavy (non-hydrogen) atoms. The Morgan fingerprint density at radius 3 is 2.64 bits per heavy atom. The van der Waals surface area contributed by atoms with Gasteiger partial charge in [0.2, 0.25) is 0 Å². The average Bonchev–Trinajstić information content (AvgIpc) is 2.93. The smallest absolute Gasteiger partial charge is 0.282 e. The maximum absolute atomic E-state index is 13.1. The van der Waals surface area contributed by atoms with Crippen molar-refractivity contribution in [2.24, 2.45) is 0 Å². The maximum atomic E-state index is 13.1. The minimum atomic E-state index is -3.44. The SMILES string of the molecule is CC[C@@H]1c2ccsc2CCN1S(=O)(=O)N1C[C@@H](C)O[C@H](C)C1. The van der Waals surface area contributed by atoms with Crippen LogP contribution >= 0.6 is 11.3 Å². The predicted octanol–water partition coefficient (Wildman–Crippen LogP) is 2.41. The number of morpholine rings is 1. The van der Waals surface area contributed by atoms with Crippen LogP contribution in [0.15, 0.2) is 11.4 Å². The molecule has 124 valence electrons. The van der Waals surface area contributed by atoms with Crippen molar-refractivity contribution in [3.63, 3.8) is 0 Å². The van der Waals surface area contributed by atoms with Crippen molar-refractivity contribution in [2.75, 3.05) is 19.6 Å². The van der Waals surface area contributed by atoms with E-state index in [0.717, 1.165) is 12.8 Å². The second-order valence-corrected chi connectivity index (χ2v) is 9.05. The van der Waals surface area contributed by atoms with Crippen LogP contribution in [-0.4, -0.2) is 48.9 Å². The van der Waals surface area contributed by atoms with Crippen LogP contribution in [0.2, 0.25) is 0 Å². The summed E-state index contributed by atoms with van der Waals surface area (Å²) in [5.41, 5.74) is 1.19. The van der Waals surface area contributed by atoms with E-state index in [9.17, 15) is 8.42 Å². The first kappa shape index (κ1) is 16.4. The summed E-state index contributed by atoms with van der Waals surface area (Å²) in [4.78, 5) is 1.34. The van der Waals surface area contributed by atoms with Gasteiger partial charge in [-0.15, -0.1) is 11.3 Å². The summed E-state index contributed by atoms with van der Waals surface area (Å²) in [6, 6.07) is 2.05. The molecule has 0 saturated carbocycles.